The van der Waals surface area contributed by atoms with Gasteiger partial charge in [0.1, 0.15) is 0 Å². The van der Waals surface area contributed by atoms with Crippen LogP contribution in [0.25, 0.3) is 146 Å². The quantitative estimate of drug-likeness (QED) is 0.0935. The second kappa shape index (κ2) is 60.2. The molecule has 5 radical (unpaired) electrons. The Kier molecular flexibility index (Phi) is 47.7. The van der Waals surface area contributed by atoms with Crippen LogP contribution < -0.4 is 0 Å². The topological polar surface area (TPSA) is 103 Å². The van der Waals surface area contributed by atoms with Crippen molar-refractivity contribution >= 4 is 0 Å². The predicted molar refractivity (Wildman–Crippen MR) is 581 cm³/mol. The molecule has 0 aliphatic heterocycles. The summed E-state index contributed by atoms with van der Waals surface area (Å²) in [6.45, 7) is 22.1. The van der Waals surface area contributed by atoms with Crippen LogP contribution in [0.1, 0.15) is 103 Å². The summed E-state index contributed by atoms with van der Waals surface area (Å²) in [6, 6.07) is 173. The van der Waals surface area contributed by atoms with Gasteiger partial charge in [0.2, 0.25) is 0 Å². The molecule has 0 unspecified atom stereocenters. The van der Waals surface area contributed by atoms with E-state index >= 15 is 0 Å². The van der Waals surface area contributed by atoms with Gasteiger partial charge in [-0.2, -0.15) is 0 Å². The van der Waals surface area contributed by atoms with Gasteiger partial charge in [-0.05, 0) is 156 Å². The molecule has 8 nitrogen and oxygen atoms in total. The van der Waals surface area contributed by atoms with Crippen LogP contribution in [0.5, 0.6) is 0 Å². The molecule has 13 heteroatoms. The normalized spacial score (nSPS) is 10.3. The number of rotatable bonds is 15. The fraction of sp³-hybridized carbons (Fsp3) is 0.106. The zero-order valence-corrected chi connectivity index (χ0v) is 94.6. The van der Waals surface area contributed by atoms with E-state index in [9.17, 15) is 0 Å². The van der Waals surface area contributed by atoms with Crippen molar-refractivity contribution in [3.05, 3.63) is 557 Å². The van der Waals surface area contributed by atoms with Crippen molar-refractivity contribution in [2.24, 2.45) is 0 Å². The van der Waals surface area contributed by atoms with Crippen LogP contribution in [0, 0.1) is 48.5 Å². The number of hydrogen-bond donors (Lipinski definition) is 0. The number of aromatic nitrogens is 8. The zero-order valence-electron chi connectivity index (χ0n) is 82.6. The first-order chi connectivity index (χ1) is 68.4. The fourth-order valence-corrected chi connectivity index (χ4v) is 14.9. The van der Waals surface area contributed by atoms with E-state index < -0.39 is 0 Å². The predicted octanol–water partition coefficient (Wildman–Crippen LogP) is 33.6. The Balaban J connectivity index is 0.000000185. The Morgan fingerprint density at radius 1 is 0.166 bits per heavy atom. The Labute approximate surface area is 926 Å². The molecule has 0 aliphatic rings. The first kappa shape index (κ1) is 115. The summed E-state index contributed by atoms with van der Waals surface area (Å²) in [5.41, 5.74) is 33.5. The zero-order chi connectivity index (χ0) is 97.4. The van der Waals surface area contributed by atoms with Gasteiger partial charge >= 0.3 is 0 Å². The van der Waals surface area contributed by atoms with Crippen LogP contribution in [0.2, 0.25) is 0 Å². The van der Waals surface area contributed by atoms with Gasteiger partial charge in [-0.25, -0.2) is 0 Å². The molecule has 0 saturated heterocycles. The molecule has 0 atom stereocenters. The van der Waals surface area contributed by atoms with Gasteiger partial charge in [0.25, 0.3) is 0 Å². The molecule has 0 saturated carbocycles. The first-order valence-electron chi connectivity index (χ1n) is 47.2. The first-order valence-corrected chi connectivity index (χ1v) is 47.2. The van der Waals surface area contributed by atoms with Crippen molar-refractivity contribution < 1.29 is 101 Å². The molecule has 0 aliphatic carbocycles. The van der Waals surface area contributed by atoms with Crippen molar-refractivity contribution in [1.82, 2.24) is 39.9 Å². The molecule has 0 bridgehead atoms. The third kappa shape index (κ3) is 35.9. The van der Waals surface area contributed by atoms with Gasteiger partial charge in [-0.15, -0.1) is 285 Å². The average Bonchev–Trinajstić information content (AvgIpc) is 0.825. The van der Waals surface area contributed by atoms with Gasteiger partial charge in [0.05, 0.1) is 0 Å². The van der Waals surface area contributed by atoms with E-state index in [1.807, 2.05) is 243 Å². The van der Waals surface area contributed by atoms with Crippen molar-refractivity contribution in [3.8, 4) is 146 Å². The molecule has 145 heavy (non-hydrogen) atoms. The van der Waals surface area contributed by atoms with E-state index in [0.717, 1.165) is 90.1 Å². The van der Waals surface area contributed by atoms with Crippen molar-refractivity contribution in [1.29, 1.82) is 0 Å². The van der Waals surface area contributed by atoms with E-state index in [1.165, 1.54) is 77.9 Å². The van der Waals surface area contributed by atoms with Crippen LogP contribution >= 0.6 is 0 Å². The summed E-state index contributed by atoms with van der Waals surface area (Å²) in [5, 5.41) is 0. The monoisotopic (exact) mass is 2770 g/mol. The van der Waals surface area contributed by atoms with Crippen molar-refractivity contribution in [2.75, 3.05) is 0 Å². The molecular formula is C132H112Ir5N8-8. The molecule has 0 amide bonds. The molecule has 21 aromatic rings. The van der Waals surface area contributed by atoms with Gasteiger partial charge in [-0.1, -0.05) is 305 Å². The Bertz CT molecular complexity index is 6650. The van der Waals surface area contributed by atoms with E-state index in [1.54, 1.807) is 24.8 Å². The largest absolute Gasteiger partial charge is 0.305 e. The maximum atomic E-state index is 4.53. The summed E-state index contributed by atoms with van der Waals surface area (Å²) < 4.78 is 0. The van der Waals surface area contributed by atoms with Crippen LogP contribution in [0.15, 0.2) is 486 Å². The Morgan fingerprint density at radius 3 is 0.579 bits per heavy atom. The third-order valence-electron chi connectivity index (χ3n) is 22.7. The van der Waals surface area contributed by atoms with Crippen LogP contribution in [-0.4, -0.2) is 39.9 Å². The van der Waals surface area contributed by atoms with Crippen molar-refractivity contribution in [2.45, 2.75) is 91.9 Å². The maximum Gasteiger partial charge on any atom is 0.0163 e. The number of pyridine rings is 8. The number of benzene rings is 13. The minimum Gasteiger partial charge on any atom is -0.305 e. The van der Waals surface area contributed by atoms with Gasteiger partial charge < -0.3 is 39.9 Å². The fourth-order valence-electron chi connectivity index (χ4n) is 14.9. The summed E-state index contributed by atoms with van der Waals surface area (Å²) in [6.07, 6.45) is 14.7. The molecular weight excluding hydrogens is 2660 g/mol. The van der Waals surface area contributed by atoms with Crippen molar-refractivity contribution in [3.63, 3.8) is 0 Å². The molecule has 8 heterocycles. The van der Waals surface area contributed by atoms with E-state index in [-0.39, 0.29) is 111 Å². The maximum absolute atomic E-state index is 4.53. The molecule has 0 N–H and O–H groups in total. The van der Waals surface area contributed by atoms with E-state index in [0.29, 0.717) is 11.8 Å². The smallest absolute Gasteiger partial charge is 0.0163 e. The van der Waals surface area contributed by atoms with E-state index in [2.05, 4.69) is 376 Å². The Morgan fingerprint density at radius 2 is 0.366 bits per heavy atom. The third-order valence-corrected chi connectivity index (χ3v) is 22.7. The summed E-state index contributed by atoms with van der Waals surface area (Å²) in [7, 11) is 0. The molecule has 733 valence electrons. The van der Waals surface area contributed by atoms with Gasteiger partial charge in [-0.3, -0.25) is 0 Å². The molecule has 13 aromatic carbocycles. The van der Waals surface area contributed by atoms with Crippen LogP contribution in [-0.2, 0) is 111 Å². The molecule has 21 rings (SSSR count). The SMILES string of the molecule is CC(C)(C)c1ccnc(-c2[c-]ccc(-c3ccccc3)c2)c1.CC(C)(C)c1ccnc(-c2[c-]ccc(-c3ccccc3)c2)c1.CC(C)c1ccnc(-c2[c-]ccc(-c3ccccc3)c2)c1.CC(C)c1ccnc(-c2[c-]ccc(-c3ccccc3)c2)c1.[Ir].[Ir].[Ir].[Ir].[Ir].[c-]1ccc(-c2ccccc2)cc1-c1ccccn1.[c-]1ccccc1-c1ccccn1.[c-]1ccccc1-c1ccccn1.[c-]1ccccc1-c1ccccn1. The molecule has 0 spiro atoms. The summed E-state index contributed by atoms with van der Waals surface area (Å²) in [4.78, 5) is 35.1. The minimum absolute atomic E-state index is 0. The number of hydrogen-bond acceptors (Lipinski definition) is 8. The second-order valence-electron chi connectivity index (χ2n) is 35.6. The number of nitrogens with zero attached hydrogens (tertiary/aromatic N) is 8. The van der Waals surface area contributed by atoms with Crippen LogP contribution in [0.4, 0.5) is 0 Å². The van der Waals surface area contributed by atoms with Crippen LogP contribution in [0.3, 0.4) is 0 Å². The summed E-state index contributed by atoms with van der Waals surface area (Å²) in [5.74, 6) is 1.01. The summed E-state index contributed by atoms with van der Waals surface area (Å²) >= 11 is 0. The van der Waals surface area contributed by atoms with E-state index in [4.69, 9.17) is 0 Å². The Hall–Kier alpha value is -13.7. The molecule has 8 aromatic heterocycles. The van der Waals surface area contributed by atoms with Gasteiger partial charge in [0, 0.05) is 150 Å². The second-order valence-corrected chi connectivity index (χ2v) is 35.6. The average molecular weight is 2770 g/mol. The molecule has 0 fully saturated rings. The minimum atomic E-state index is 0. The standard InChI is InChI=1S/2C21H20N.2C20H18N.C17H12N.3C11H8N.5Ir/c2*1-21(2,3)19-12-13-22-20(15-19)18-11-7-10-17(14-18)16-8-5-4-6-9-16;2*1-15(2)17-11-12-21-20(14-17)19-10-6-9-18(13-19)16-7-4-3-5-8-16;1-2-7-14(8-3-1)15-9-6-10-16(13-15)17-11-4-5-12-18-17;3*1-2-6-10(7-3-1)11-8-4-5-9-12-11;;;;;/h2*4-10,12-15H,1-3H3;2*3-9,11-15H,1-2H3;1-9,11-13H;3*1-6,8-9H;;;;;/q8*-1;;;;;. The van der Waals surface area contributed by atoms with Gasteiger partial charge in [0.15, 0.2) is 0 Å².